The van der Waals surface area contributed by atoms with Gasteiger partial charge in [0.15, 0.2) is 0 Å². The molecule has 0 spiro atoms. The topological polar surface area (TPSA) is 12.9 Å². The van der Waals surface area contributed by atoms with E-state index in [0.29, 0.717) is 0 Å². The van der Waals surface area contributed by atoms with Gasteiger partial charge in [0.2, 0.25) is 0 Å². The minimum absolute atomic E-state index is 0.720. The van der Waals surface area contributed by atoms with Gasteiger partial charge < -0.3 is 0 Å². The van der Waals surface area contributed by atoms with Gasteiger partial charge in [-0.05, 0) is 24.3 Å². The van der Waals surface area contributed by atoms with Crippen LogP contribution >= 0.6 is 34.5 Å². The van der Waals surface area contributed by atoms with Crippen molar-refractivity contribution in [1.82, 2.24) is 4.98 Å². The van der Waals surface area contributed by atoms with Crippen molar-refractivity contribution in [2.45, 2.75) is 0 Å². The van der Waals surface area contributed by atoms with Crippen LogP contribution in [-0.4, -0.2) is 4.98 Å². The summed E-state index contributed by atoms with van der Waals surface area (Å²) in [5.74, 6) is 0. The molecule has 0 N–H and O–H groups in total. The van der Waals surface area contributed by atoms with Crippen LogP contribution in [0, 0.1) is 0 Å². The van der Waals surface area contributed by atoms with E-state index in [2.05, 4.69) is 4.98 Å². The molecule has 0 unspecified atom stereocenters. The molecule has 0 atom stereocenters. The first-order chi connectivity index (χ1) is 8.24. The monoisotopic (exact) mass is 279 g/mol. The van der Waals surface area contributed by atoms with E-state index in [1.807, 2.05) is 42.5 Å². The van der Waals surface area contributed by atoms with Crippen LogP contribution < -0.4 is 0 Å². The SMILES string of the molecule is Clc1ccc2nc(-c3ccccc3Cl)sc2c1. The van der Waals surface area contributed by atoms with Crippen LogP contribution in [0.15, 0.2) is 42.5 Å². The lowest BCUT2D eigenvalue weighted by Crippen LogP contribution is -1.76. The number of halogens is 2. The van der Waals surface area contributed by atoms with E-state index in [4.69, 9.17) is 23.2 Å². The Labute approximate surface area is 113 Å². The highest BCUT2D eigenvalue weighted by Gasteiger charge is 2.09. The standard InChI is InChI=1S/C13H7Cl2NS/c14-8-5-6-11-12(7-8)17-13(16-11)9-3-1-2-4-10(9)15/h1-7H. The van der Waals surface area contributed by atoms with Gasteiger partial charge in [0.1, 0.15) is 5.01 Å². The average molecular weight is 280 g/mol. The molecule has 0 aliphatic carbocycles. The van der Waals surface area contributed by atoms with Crippen molar-refractivity contribution in [3.05, 3.63) is 52.5 Å². The predicted molar refractivity (Wildman–Crippen MR) is 75.1 cm³/mol. The molecular formula is C13H7Cl2NS. The predicted octanol–water partition coefficient (Wildman–Crippen LogP) is 5.27. The Morgan fingerprint density at radius 3 is 2.65 bits per heavy atom. The molecule has 4 heteroatoms. The van der Waals surface area contributed by atoms with E-state index in [1.165, 1.54) is 0 Å². The van der Waals surface area contributed by atoms with E-state index in [9.17, 15) is 0 Å². The maximum atomic E-state index is 6.16. The average Bonchev–Trinajstić information content (AvgIpc) is 2.72. The number of thiazole rings is 1. The number of aromatic nitrogens is 1. The quantitative estimate of drug-likeness (QED) is 0.591. The zero-order valence-electron chi connectivity index (χ0n) is 8.65. The number of benzene rings is 2. The molecule has 17 heavy (non-hydrogen) atoms. The van der Waals surface area contributed by atoms with E-state index in [-0.39, 0.29) is 0 Å². The molecule has 3 rings (SSSR count). The summed E-state index contributed by atoms with van der Waals surface area (Å²) in [6.45, 7) is 0. The summed E-state index contributed by atoms with van der Waals surface area (Å²) in [5.41, 5.74) is 1.92. The molecule has 0 saturated carbocycles. The molecular weight excluding hydrogens is 273 g/mol. The van der Waals surface area contributed by atoms with E-state index in [0.717, 1.165) is 30.8 Å². The third-order valence-electron chi connectivity index (χ3n) is 2.45. The molecule has 0 aliphatic rings. The molecule has 2 aromatic carbocycles. The minimum Gasteiger partial charge on any atom is -0.236 e. The van der Waals surface area contributed by atoms with Crippen molar-refractivity contribution < 1.29 is 0 Å². The third-order valence-corrected chi connectivity index (χ3v) is 4.07. The molecule has 1 heterocycles. The Kier molecular flexibility index (Phi) is 2.79. The van der Waals surface area contributed by atoms with Gasteiger partial charge in [-0.25, -0.2) is 4.98 Å². The van der Waals surface area contributed by atoms with Gasteiger partial charge in [0, 0.05) is 10.6 Å². The van der Waals surface area contributed by atoms with E-state index >= 15 is 0 Å². The Morgan fingerprint density at radius 1 is 1.00 bits per heavy atom. The van der Waals surface area contributed by atoms with Crippen LogP contribution in [0.2, 0.25) is 10.0 Å². The van der Waals surface area contributed by atoms with Crippen LogP contribution in [-0.2, 0) is 0 Å². The van der Waals surface area contributed by atoms with E-state index < -0.39 is 0 Å². The largest absolute Gasteiger partial charge is 0.236 e. The van der Waals surface area contributed by atoms with Gasteiger partial charge >= 0.3 is 0 Å². The van der Waals surface area contributed by atoms with Crippen LogP contribution in [0.5, 0.6) is 0 Å². The Balaban J connectivity index is 2.22. The maximum absolute atomic E-state index is 6.16. The summed E-state index contributed by atoms with van der Waals surface area (Å²) in [6.07, 6.45) is 0. The summed E-state index contributed by atoms with van der Waals surface area (Å²) in [7, 11) is 0. The summed E-state index contributed by atoms with van der Waals surface area (Å²) in [5, 5.41) is 2.37. The Morgan fingerprint density at radius 2 is 1.82 bits per heavy atom. The zero-order valence-corrected chi connectivity index (χ0v) is 11.0. The van der Waals surface area contributed by atoms with Crippen molar-refractivity contribution >= 4 is 44.8 Å². The summed E-state index contributed by atoms with van der Waals surface area (Å²) in [6, 6.07) is 13.4. The molecule has 1 aromatic heterocycles. The molecule has 0 aliphatic heterocycles. The first kappa shape index (κ1) is 11.0. The fourth-order valence-electron chi connectivity index (χ4n) is 1.65. The lowest BCUT2D eigenvalue weighted by molar-refractivity contribution is 1.48. The van der Waals surface area contributed by atoms with Gasteiger partial charge in [-0.2, -0.15) is 0 Å². The third kappa shape index (κ3) is 2.04. The fraction of sp³-hybridized carbons (Fsp3) is 0. The molecule has 84 valence electrons. The highest BCUT2D eigenvalue weighted by Crippen LogP contribution is 2.34. The van der Waals surface area contributed by atoms with Crippen molar-refractivity contribution in [2.75, 3.05) is 0 Å². The highest BCUT2D eigenvalue weighted by atomic mass is 35.5. The smallest absolute Gasteiger partial charge is 0.126 e. The van der Waals surface area contributed by atoms with E-state index in [1.54, 1.807) is 11.3 Å². The number of hydrogen-bond donors (Lipinski definition) is 0. The minimum atomic E-state index is 0.720. The molecule has 0 bridgehead atoms. The lowest BCUT2D eigenvalue weighted by atomic mass is 10.2. The molecule has 1 nitrogen and oxygen atoms in total. The van der Waals surface area contributed by atoms with Gasteiger partial charge in [-0.15, -0.1) is 11.3 Å². The zero-order chi connectivity index (χ0) is 11.8. The van der Waals surface area contributed by atoms with Crippen LogP contribution in [0.3, 0.4) is 0 Å². The number of hydrogen-bond acceptors (Lipinski definition) is 2. The second kappa shape index (κ2) is 4.30. The summed E-state index contributed by atoms with van der Waals surface area (Å²) in [4.78, 5) is 4.56. The van der Waals surface area contributed by atoms with Crippen molar-refractivity contribution in [3.63, 3.8) is 0 Å². The van der Waals surface area contributed by atoms with Crippen LogP contribution in [0.1, 0.15) is 0 Å². The number of rotatable bonds is 1. The first-order valence-electron chi connectivity index (χ1n) is 5.05. The van der Waals surface area contributed by atoms with Crippen molar-refractivity contribution in [2.24, 2.45) is 0 Å². The Bertz CT molecular complexity index is 691. The Hall–Kier alpha value is -1.09. The number of fused-ring (bicyclic) bond motifs is 1. The molecule has 0 radical (unpaired) electrons. The van der Waals surface area contributed by atoms with Gasteiger partial charge in [-0.1, -0.05) is 41.4 Å². The van der Waals surface area contributed by atoms with Gasteiger partial charge in [-0.3, -0.25) is 0 Å². The second-order valence-electron chi connectivity index (χ2n) is 3.61. The highest BCUT2D eigenvalue weighted by molar-refractivity contribution is 7.21. The molecule has 3 aromatic rings. The van der Waals surface area contributed by atoms with Gasteiger partial charge in [0.25, 0.3) is 0 Å². The summed E-state index contributed by atoms with van der Waals surface area (Å²) < 4.78 is 1.08. The molecule has 0 saturated heterocycles. The first-order valence-corrected chi connectivity index (χ1v) is 6.62. The second-order valence-corrected chi connectivity index (χ2v) is 5.49. The van der Waals surface area contributed by atoms with Gasteiger partial charge in [0.05, 0.1) is 15.2 Å². The maximum Gasteiger partial charge on any atom is 0.126 e. The molecule has 0 fully saturated rings. The number of nitrogens with zero attached hydrogens (tertiary/aromatic N) is 1. The van der Waals surface area contributed by atoms with Crippen LogP contribution in [0.4, 0.5) is 0 Å². The van der Waals surface area contributed by atoms with Crippen molar-refractivity contribution in [3.8, 4) is 10.6 Å². The fourth-order valence-corrected chi connectivity index (χ4v) is 3.21. The normalized spacial score (nSPS) is 10.9. The van der Waals surface area contributed by atoms with Crippen LogP contribution in [0.25, 0.3) is 20.8 Å². The lowest BCUT2D eigenvalue weighted by Gasteiger charge is -1.97. The van der Waals surface area contributed by atoms with Crippen molar-refractivity contribution in [1.29, 1.82) is 0 Å². The molecule has 0 amide bonds. The summed E-state index contributed by atoms with van der Waals surface area (Å²) >= 11 is 13.7.